The van der Waals surface area contributed by atoms with Gasteiger partial charge in [-0.25, -0.2) is 0 Å². The molecule has 1 fully saturated rings. The van der Waals surface area contributed by atoms with E-state index < -0.39 is 5.60 Å². The Morgan fingerprint density at radius 1 is 1.36 bits per heavy atom. The van der Waals surface area contributed by atoms with Crippen LogP contribution in [0.5, 0.6) is 0 Å². The lowest BCUT2D eigenvalue weighted by Crippen LogP contribution is -2.41. The van der Waals surface area contributed by atoms with Crippen molar-refractivity contribution >= 4 is 0 Å². The highest BCUT2D eigenvalue weighted by atomic mass is 16.3. The Kier molecular flexibility index (Phi) is 3.54. The molecule has 0 aliphatic heterocycles. The number of aliphatic hydroxyl groups is 1. The summed E-state index contributed by atoms with van der Waals surface area (Å²) >= 11 is 0. The Morgan fingerprint density at radius 2 is 2.00 bits per heavy atom. The average molecular weight is 194 g/mol. The van der Waals surface area contributed by atoms with E-state index in [-0.39, 0.29) is 5.92 Å². The monoisotopic (exact) mass is 194 g/mol. The van der Waals surface area contributed by atoms with Crippen LogP contribution in [0.3, 0.4) is 0 Å². The van der Waals surface area contributed by atoms with Crippen LogP contribution in [0, 0.1) is 5.92 Å². The summed E-state index contributed by atoms with van der Waals surface area (Å²) in [5, 5.41) is 10.6. The molecule has 1 aliphatic rings. The van der Waals surface area contributed by atoms with Crippen molar-refractivity contribution in [3.8, 4) is 0 Å². The van der Waals surface area contributed by atoms with Crippen molar-refractivity contribution in [3.05, 3.63) is 23.8 Å². The zero-order valence-corrected chi connectivity index (χ0v) is 9.64. The third-order valence-electron chi connectivity index (χ3n) is 3.62. The van der Waals surface area contributed by atoms with E-state index in [1.54, 1.807) is 0 Å². The van der Waals surface area contributed by atoms with Gasteiger partial charge in [-0.1, -0.05) is 24.5 Å². The maximum absolute atomic E-state index is 10.6. The van der Waals surface area contributed by atoms with Crippen LogP contribution in [0.4, 0.5) is 0 Å². The minimum absolute atomic E-state index is 0.242. The third kappa shape index (κ3) is 1.93. The topological polar surface area (TPSA) is 20.2 Å². The number of hydrogen-bond donors (Lipinski definition) is 1. The molecular weight excluding hydrogens is 172 g/mol. The van der Waals surface area contributed by atoms with Gasteiger partial charge in [-0.2, -0.15) is 0 Å². The zero-order valence-electron chi connectivity index (χ0n) is 9.64. The van der Waals surface area contributed by atoms with Crippen LogP contribution in [0.25, 0.3) is 0 Å². The summed E-state index contributed by atoms with van der Waals surface area (Å²) < 4.78 is 0. The summed E-state index contributed by atoms with van der Waals surface area (Å²) in [7, 11) is 0. The Bertz CT molecular complexity index is 248. The van der Waals surface area contributed by atoms with E-state index in [0.29, 0.717) is 0 Å². The predicted molar refractivity (Wildman–Crippen MR) is 61.2 cm³/mol. The van der Waals surface area contributed by atoms with Gasteiger partial charge in [0.2, 0.25) is 0 Å². The van der Waals surface area contributed by atoms with Crippen molar-refractivity contribution in [2.45, 2.75) is 52.1 Å². The Labute approximate surface area is 87.5 Å². The summed E-state index contributed by atoms with van der Waals surface area (Å²) in [6.45, 7) is 10.0. The smallest absolute Gasteiger partial charge is 0.0918 e. The highest BCUT2D eigenvalue weighted by molar-refractivity contribution is 5.23. The second-order valence-corrected chi connectivity index (χ2v) is 4.64. The molecule has 0 saturated heterocycles. The van der Waals surface area contributed by atoms with Gasteiger partial charge in [0.15, 0.2) is 0 Å². The molecule has 0 aromatic rings. The second kappa shape index (κ2) is 4.31. The van der Waals surface area contributed by atoms with Crippen LogP contribution in [0.15, 0.2) is 23.8 Å². The van der Waals surface area contributed by atoms with Gasteiger partial charge in [0.25, 0.3) is 0 Å². The van der Waals surface area contributed by atoms with Crippen molar-refractivity contribution in [3.63, 3.8) is 0 Å². The zero-order chi connectivity index (χ0) is 10.8. The third-order valence-corrected chi connectivity index (χ3v) is 3.62. The first-order valence-electron chi connectivity index (χ1n) is 5.52. The van der Waals surface area contributed by atoms with E-state index >= 15 is 0 Å². The van der Waals surface area contributed by atoms with Gasteiger partial charge < -0.3 is 5.11 Å². The fourth-order valence-electron chi connectivity index (χ4n) is 2.39. The molecule has 0 aromatic heterocycles. The predicted octanol–water partition coefficient (Wildman–Crippen LogP) is 3.45. The number of rotatable bonds is 2. The maximum atomic E-state index is 10.6. The molecule has 2 atom stereocenters. The number of hydrogen-bond acceptors (Lipinski definition) is 1. The fourth-order valence-corrected chi connectivity index (χ4v) is 2.39. The van der Waals surface area contributed by atoms with Crippen molar-refractivity contribution in [1.82, 2.24) is 0 Å². The van der Waals surface area contributed by atoms with Gasteiger partial charge in [0, 0.05) is 5.92 Å². The summed E-state index contributed by atoms with van der Waals surface area (Å²) in [6.07, 6.45) is 6.23. The molecule has 1 N–H and O–H groups in total. The fraction of sp³-hybridized carbons (Fsp3) is 0.692. The van der Waals surface area contributed by atoms with Crippen LogP contribution in [-0.2, 0) is 0 Å². The minimum Gasteiger partial charge on any atom is -0.385 e. The van der Waals surface area contributed by atoms with E-state index in [0.717, 1.165) is 24.8 Å². The molecule has 1 rings (SSSR count). The standard InChI is InChI=1S/C13H22O/c1-5-12-8-6-7-9-13(12,14)11(4)10(2)3/h5,12,14H,1,6-9H2,2-4H3/t12-,13-/m0/s1. The first-order valence-corrected chi connectivity index (χ1v) is 5.52. The molecule has 0 amide bonds. The van der Waals surface area contributed by atoms with Crippen molar-refractivity contribution in [2.24, 2.45) is 5.92 Å². The summed E-state index contributed by atoms with van der Waals surface area (Å²) in [4.78, 5) is 0. The second-order valence-electron chi connectivity index (χ2n) is 4.64. The summed E-state index contributed by atoms with van der Waals surface area (Å²) in [6, 6.07) is 0. The maximum Gasteiger partial charge on any atom is 0.0918 e. The lowest BCUT2D eigenvalue weighted by atomic mass is 9.71. The molecule has 80 valence electrons. The van der Waals surface area contributed by atoms with Gasteiger partial charge in [0.05, 0.1) is 5.60 Å². The lowest BCUT2D eigenvalue weighted by molar-refractivity contribution is 0.00386. The molecule has 1 heteroatoms. The van der Waals surface area contributed by atoms with Gasteiger partial charge in [-0.15, -0.1) is 6.58 Å². The molecule has 1 aliphatic carbocycles. The number of allylic oxidation sites excluding steroid dienone is 1. The van der Waals surface area contributed by atoms with Crippen LogP contribution < -0.4 is 0 Å². The SMILES string of the molecule is C=C[C@H]1CCCC[C@]1(O)C(C)=C(C)C. The van der Waals surface area contributed by atoms with E-state index in [4.69, 9.17) is 0 Å². The van der Waals surface area contributed by atoms with Crippen molar-refractivity contribution in [2.75, 3.05) is 0 Å². The summed E-state index contributed by atoms with van der Waals surface area (Å²) in [5.74, 6) is 0.242. The van der Waals surface area contributed by atoms with Crippen LogP contribution in [-0.4, -0.2) is 10.7 Å². The molecular formula is C13H22O. The highest BCUT2D eigenvalue weighted by Gasteiger charge is 2.38. The largest absolute Gasteiger partial charge is 0.385 e. The minimum atomic E-state index is -0.612. The van der Waals surface area contributed by atoms with E-state index in [2.05, 4.69) is 27.4 Å². The van der Waals surface area contributed by atoms with Gasteiger partial charge in [0.1, 0.15) is 0 Å². The van der Waals surface area contributed by atoms with Gasteiger partial charge in [-0.05, 0) is 39.2 Å². The van der Waals surface area contributed by atoms with Gasteiger partial charge in [-0.3, -0.25) is 0 Å². The lowest BCUT2D eigenvalue weighted by Gasteiger charge is -2.40. The quantitative estimate of drug-likeness (QED) is 0.667. The van der Waals surface area contributed by atoms with Gasteiger partial charge >= 0.3 is 0 Å². The van der Waals surface area contributed by atoms with Crippen LogP contribution in [0.1, 0.15) is 46.5 Å². The van der Waals surface area contributed by atoms with Crippen molar-refractivity contribution in [1.29, 1.82) is 0 Å². The normalized spacial score (nSPS) is 32.4. The van der Waals surface area contributed by atoms with E-state index in [9.17, 15) is 5.11 Å². The first-order chi connectivity index (χ1) is 6.52. The molecule has 0 radical (unpaired) electrons. The first kappa shape index (κ1) is 11.5. The van der Waals surface area contributed by atoms with Crippen molar-refractivity contribution < 1.29 is 5.11 Å². The van der Waals surface area contributed by atoms with Crippen LogP contribution >= 0.6 is 0 Å². The molecule has 1 nitrogen and oxygen atoms in total. The Morgan fingerprint density at radius 3 is 2.50 bits per heavy atom. The van der Waals surface area contributed by atoms with E-state index in [1.165, 1.54) is 12.0 Å². The highest BCUT2D eigenvalue weighted by Crippen LogP contribution is 2.40. The molecule has 14 heavy (non-hydrogen) atoms. The average Bonchev–Trinajstić information content (AvgIpc) is 2.17. The molecule has 1 saturated carbocycles. The van der Waals surface area contributed by atoms with Crippen LogP contribution in [0.2, 0.25) is 0 Å². The molecule has 0 bridgehead atoms. The Hall–Kier alpha value is -0.560. The molecule has 0 unspecified atom stereocenters. The van der Waals surface area contributed by atoms with E-state index in [1.807, 2.05) is 6.08 Å². The molecule has 0 heterocycles. The molecule has 0 aromatic carbocycles. The molecule has 0 spiro atoms. The summed E-state index contributed by atoms with van der Waals surface area (Å²) in [5.41, 5.74) is 1.77. The Balaban J connectivity index is 2.99.